The Morgan fingerprint density at radius 2 is 1.69 bits per heavy atom. The third-order valence-electron chi connectivity index (χ3n) is 8.01. The molecule has 3 aromatic rings. The quantitative estimate of drug-likeness (QED) is 0.426. The summed E-state index contributed by atoms with van der Waals surface area (Å²) in [6, 6.07) is 9.14. The minimum absolute atomic E-state index is 0.199. The van der Waals surface area contributed by atoms with Crippen LogP contribution in [0.1, 0.15) is 50.8 Å². The van der Waals surface area contributed by atoms with Crippen molar-refractivity contribution in [1.82, 2.24) is 24.4 Å². The van der Waals surface area contributed by atoms with E-state index < -0.39 is 6.43 Å². The van der Waals surface area contributed by atoms with Gasteiger partial charge in [-0.2, -0.15) is 9.97 Å². The molecule has 0 bridgehead atoms. The predicted octanol–water partition coefficient (Wildman–Crippen LogP) is 4.43. The van der Waals surface area contributed by atoms with E-state index in [2.05, 4.69) is 20.1 Å². The largest absolute Gasteiger partial charge is 0.378 e. The Bertz CT molecular complexity index is 1240. The number of para-hydroxylation sites is 2. The molecule has 1 saturated carbocycles. The Hall–Kier alpha value is -2.89. The molecule has 0 unspecified atom stereocenters. The number of fused-ring (bicyclic) bond motifs is 1. The van der Waals surface area contributed by atoms with Gasteiger partial charge >= 0.3 is 0 Å². The van der Waals surface area contributed by atoms with E-state index in [0.29, 0.717) is 54.9 Å². The first kappa shape index (κ1) is 26.3. The van der Waals surface area contributed by atoms with Gasteiger partial charge in [-0.15, -0.1) is 0 Å². The summed E-state index contributed by atoms with van der Waals surface area (Å²) in [5, 5.41) is 3.52. The first-order valence-corrected chi connectivity index (χ1v) is 14.2. The molecular weight excluding hydrogens is 504 g/mol. The van der Waals surface area contributed by atoms with Crippen molar-refractivity contribution in [3.8, 4) is 5.82 Å². The van der Waals surface area contributed by atoms with Crippen LogP contribution in [0, 0.1) is 0 Å². The second kappa shape index (κ2) is 12.1. The number of hydrogen-bond acceptors (Lipinski definition) is 8. The lowest BCUT2D eigenvalue weighted by atomic mass is 9.93. The van der Waals surface area contributed by atoms with E-state index in [1.807, 2.05) is 6.07 Å². The molecule has 2 aliphatic heterocycles. The Labute approximate surface area is 227 Å². The average Bonchev–Trinajstić information content (AvgIpc) is 3.63. The van der Waals surface area contributed by atoms with Crippen LogP contribution in [0.2, 0.25) is 0 Å². The van der Waals surface area contributed by atoms with Crippen LogP contribution < -0.4 is 10.2 Å². The Morgan fingerprint density at radius 1 is 0.949 bits per heavy atom. The maximum Gasteiger partial charge on any atom is 0.296 e. The molecular formula is C28H37F2N7O2. The van der Waals surface area contributed by atoms with Crippen LogP contribution in [0.4, 0.5) is 20.5 Å². The number of morpholine rings is 1. The molecule has 210 valence electrons. The third kappa shape index (κ3) is 6.15. The number of hydrogen-bond donors (Lipinski definition) is 1. The summed E-state index contributed by atoms with van der Waals surface area (Å²) in [6.45, 7) is 6.76. The number of rotatable bonds is 9. The molecule has 3 aliphatic rings. The zero-order chi connectivity index (χ0) is 26.6. The van der Waals surface area contributed by atoms with Crippen LogP contribution in [0.25, 0.3) is 16.9 Å². The predicted molar refractivity (Wildman–Crippen MR) is 146 cm³/mol. The molecule has 1 aromatic carbocycles. The molecule has 3 fully saturated rings. The normalized spacial score (nSPS) is 22.7. The summed E-state index contributed by atoms with van der Waals surface area (Å²) in [6.07, 6.45) is 4.01. The van der Waals surface area contributed by atoms with Gasteiger partial charge in [-0.1, -0.05) is 12.1 Å². The summed E-state index contributed by atoms with van der Waals surface area (Å²) >= 11 is 0. The van der Waals surface area contributed by atoms with Crippen molar-refractivity contribution in [2.75, 3.05) is 62.8 Å². The van der Waals surface area contributed by atoms with E-state index in [-0.39, 0.29) is 18.0 Å². The topological polar surface area (TPSA) is 80.6 Å². The minimum atomic E-state index is -2.74. The number of halogens is 2. The first-order valence-electron chi connectivity index (χ1n) is 14.2. The molecule has 0 amide bonds. The molecule has 0 radical (unpaired) electrons. The Kier molecular flexibility index (Phi) is 8.17. The molecule has 0 atom stereocenters. The smallest absolute Gasteiger partial charge is 0.296 e. The van der Waals surface area contributed by atoms with Crippen molar-refractivity contribution in [1.29, 1.82) is 0 Å². The SMILES string of the molecule is FC(F)c1nc2ccccc2n1-c1cc(N2CCOCC2)nc(N[C@H]2CC[C@H](OCCN3CCCC3)CC2)n1. The zero-order valence-electron chi connectivity index (χ0n) is 22.3. The van der Waals surface area contributed by atoms with E-state index in [9.17, 15) is 8.78 Å². The number of nitrogens with zero attached hydrogens (tertiary/aromatic N) is 6. The molecule has 11 heteroatoms. The highest BCUT2D eigenvalue weighted by Gasteiger charge is 2.26. The van der Waals surface area contributed by atoms with Crippen molar-refractivity contribution < 1.29 is 18.3 Å². The second-order valence-corrected chi connectivity index (χ2v) is 10.6. The Balaban J connectivity index is 1.20. The molecule has 0 spiro atoms. The maximum atomic E-state index is 14.1. The highest BCUT2D eigenvalue weighted by Crippen LogP contribution is 2.30. The van der Waals surface area contributed by atoms with Crippen LogP contribution >= 0.6 is 0 Å². The number of anilines is 2. The Morgan fingerprint density at radius 3 is 2.46 bits per heavy atom. The van der Waals surface area contributed by atoms with Crippen LogP contribution in [0.5, 0.6) is 0 Å². The van der Waals surface area contributed by atoms with Gasteiger partial charge in [0.15, 0.2) is 5.82 Å². The lowest BCUT2D eigenvalue weighted by Crippen LogP contribution is -2.37. The molecule has 2 saturated heterocycles. The molecule has 1 aliphatic carbocycles. The van der Waals surface area contributed by atoms with Crippen LogP contribution in [-0.4, -0.2) is 89.1 Å². The van der Waals surface area contributed by atoms with Crippen LogP contribution in [0.15, 0.2) is 30.3 Å². The number of benzene rings is 1. The average molecular weight is 542 g/mol. The number of ether oxygens (including phenoxy) is 2. The van der Waals surface area contributed by atoms with Gasteiger partial charge in [0.05, 0.1) is 37.0 Å². The molecule has 2 aromatic heterocycles. The third-order valence-corrected chi connectivity index (χ3v) is 8.01. The van der Waals surface area contributed by atoms with Gasteiger partial charge in [0.2, 0.25) is 5.95 Å². The fourth-order valence-electron chi connectivity index (χ4n) is 5.90. The van der Waals surface area contributed by atoms with E-state index >= 15 is 0 Å². The standard InChI is InChI=1S/C28H37F2N7O2/c29-26(30)27-32-22-5-1-2-6-23(22)37(27)25-19-24(36-14-16-38-17-15-36)33-28(34-25)31-20-7-9-21(10-8-20)39-18-13-35-11-3-4-12-35/h1-2,5-6,19-21,26H,3-4,7-18H2,(H,31,33,34)/t20-,21-. The molecule has 39 heavy (non-hydrogen) atoms. The number of alkyl halides is 2. The zero-order valence-corrected chi connectivity index (χ0v) is 22.3. The molecule has 6 rings (SSSR count). The van der Waals surface area contributed by atoms with Crippen molar-refractivity contribution in [2.24, 2.45) is 0 Å². The van der Waals surface area contributed by atoms with Crippen LogP contribution in [-0.2, 0) is 9.47 Å². The summed E-state index contributed by atoms with van der Waals surface area (Å²) in [5.41, 5.74) is 1.11. The number of imidazole rings is 1. The monoisotopic (exact) mass is 541 g/mol. The van der Waals surface area contributed by atoms with Crippen LogP contribution in [0.3, 0.4) is 0 Å². The highest BCUT2D eigenvalue weighted by molar-refractivity contribution is 5.78. The van der Waals surface area contributed by atoms with Gasteiger partial charge in [-0.3, -0.25) is 4.57 Å². The maximum absolute atomic E-state index is 14.1. The minimum Gasteiger partial charge on any atom is -0.378 e. The lowest BCUT2D eigenvalue weighted by Gasteiger charge is -2.31. The number of aromatic nitrogens is 4. The molecule has 9 nitrogen and oxygen atoms in total. The summed E-state index contributed by atoms with van der Waals surface area (Å²) in [7, 11) is 0. The van der Waals surface area contributed by atoms with Gasteiger partial charge in [-0.05, 0) is 63.7 Å². The summed E-state index contributed by atoms with van der Waals surface area (Å²) in [4.78, 5) is 18.4. The fourth-order valence-corrected chi connectivity index (χ4v) is 5.90. The van der Waals surface area contributed by atoms with E-state index in [1.54, 1.807) is 24.3 Å². The van der Waals surface area contributed by atoms with Gasteiger partial charge in [0.25, 0.3) is 6.43 Å². The highest BCUT2D eigenvalue weighted by atomic mass is 19.3. The van der Waals surface area contributed by atoms with Crippen molar-refractivity contribution in [2.45, 2.75) is 57.1 Å². The van der Waals surface area contributed by atoms with Crippen molar-refractivity contribution in [3.63, 3.8) is 0 Å². The van der Waals surface area contributed by atoms with Gasteiger partial charge in [-0.25, -0.2) is 13.8 Å². The molecule has 4 heterocycles. The summed E-state index contributed by atoms with van der Waals surface area (Å²) in [5.74, 6) is 1.21. The van der Waals surface area contributed by atoms with E-state index in [1.165, 1.54) is 30.5 Å². The number of likely N-dealkylation sites (tertiary alicyclic amines) is 1. The van der Waals surface area contributed by atoms with E-state index in [0.717, 1.165) is 38.8 Å². The van der Waals surface area contributed by atoms with Gasteiger partial charge in [0, 0.05) is 31.7 Å². The van der Waals surface area contributed by atoms with Crippen molar-refractivity contribution in [3.05, 3.63) is 36.2 Å². The van der Waals surface area contributed by atoms with Gasteiger partial charge in [0.1, 0.15) is 11.6 Å². The number of nitrogens with one attached hydrogen (secondary N) is 1. The molecule has 1 N–H and O–H groups in total. The first-order chi connectivity index (χ1) is 19.1. The second-order valence-electron chi connectivity index (χ2n) is 10.6. The van der Waals surface area contributed by atoms with Crippen molar-refractivity contribution >= 4 is 22.8 Å². The summed E-state index contributed by atoms with van der Waals surface area (Å²) < 4.78 is 41.4. The van der Waals surface area contributed by atoms with Gasteiger partial charge < -0.3 is 24.6 Å². The van der Waals surface area contributed by atoms with E-state index in [4.69, 9.17) is 19.4 Å². The lowest BCUT2D eigenvalue weighted by molar-refractivity contribution is 0.0170. The fraction of sp³-hybridized carbons (Fsp3) is 0.607.